The summed E-state index contributed by atoms with van der Waals surface area (Å²) in [5, 5.41) is 24.7. The summed E-state index contributed by atoms with van der Waals surface area (Å²) < 4.78 is 48.3. The minimum Gasteiger partial charge on any atom is -0.545 e. The Morgan fingerprint density at radius 2 is 0.700 bits per heavy atom. The van der Waals surface area contributed by atoms with Crippen molar-refractivity contribution in [3.63, 3.8) is 0 Å². The van der Waals surface area contributed by atoms with Crippen LogP contribution in [-0.2, 0) is 6.61 Å². The van der Waals surface area contributed by atoms with E-state index in [4.69, 9.17) is 43.0 Å². The van der Waals surface area contributed by atoms with Gasteiger partial charge in [-0.25, -0.2) is 0 Å². The average molecular weight is 835 g/mol. The number of benzene rings is 7. The van der Waals surface area contributed by atoms with Crippen molar-refractivity contribution >= 4 is 27.5 Å². The van der Waals surface area contributed by atoms with Crippen molar-refractivity contribution in [3.8, 4) is 46.0 Å². The van der Waals surface area contributed by atoms with Gasteiger partial charge in [0.25, 0.3) is 0 Å². The standard InChI is InChI=1S/C48H44O11.K/c49-21-22-52-40-17-7-8-18-41(40)53-23-26-56-44-29-34-11-1-2-12-35(34)30-45(44)57-27-24-54-42-19-9-10-20-43(42)55-25-28-58-46-31-36-13-3-4-14-37(36)32-47(46)59-33-38-15-5-6-16-39(38)48(50)51;/h1-20,29-32,49H,21-28,33H2,(H,50,51);/q;+1/p-1. The number of para-hydroxylation sites is 4. The van der Waals surface area contributed by atoms with Crippen LogP contribution in [0.1, 0.15) is 15.9 Å². The van der Waals surface area contributed by atoms with Crippen molar-refractivity contribution in [3.05, 3.63) is 157 Å². The smallest absolute Gasteiger partial charge is 0.545 e. The Morgan fingerprint density at radius 1 is 0.400 bits per heavy atom. The zero-order valence-corrected chi connectivity index (χ0v) is 36.4. The Kier molecular flexibility index (Phi) is 16.7. The van der Waals surface area contributed by atoms with E-state index in [1.54, 1.807) is 30.3 Å². The molecule has 0 atom stereocenters. The van der Waals surface area contributed by atoms with Crippen molar-refractivity contribution in [2.75, 3.05) is 52.9 Å². The predicted molar refractivity (Wildman–Crippen MR) is 221 cm³/mol. The number of carboxylic acids is 1. The quantitative estimate of drug-likeness (QED) is 0.0754. The molecule has 7 aromatic carbocycles. The van der Waals surface area contributed by atoms with Gasteiger partial charge < -0.3 is 52.9 Å². The third-order valence-electron chi connectivity index (χ3n) is 9.09. The van der Waals surface area contributed by atoms with Crippen LogP contribution in [-0.4, -0.2) is 63.9 Å². The van der Waals surface area contributed by atoms with Gasteiger partial charge in [0, 0.05) is 5.56 Å². The van der Waals surface area contributed by atoms with E-state index in [0.717, 1.165) is 21.5 Å². The Labute approximate surface area is 390 Å². The summed E-state index contributed by atoms with van der Waals surface area (Å²) >= 11 is 0. The fraction of sp³-hybridized carbons (Fsp3) is 0.188. The minimum absolute atomic E-state index is 0. The number of rotatable bonds is 22. The van der Waals surface area contributed by atoms with Gasteiger partial charge in [0.15, 0.2) is 46.0 Å². The van der Waals surface area contributed by atoms with Gasteiger partial charge in [-0.2, -0.15) is 0 Å². The van der Waals surface area contributed by atoms with Crippen LogP contribution in [0.2, 0.25) is 0 Å². The summed E-state index contributed by atoms with van der Waals surface area (Å²) in [6, 6.07) is 44.7. The molecule has 0 aliphatic heterocycles. The van der Waals surface area contributed by atoms with E-state index in [-0.39, 0.29) is 116 Å². The molecule has 0 amide bonds. The molecule has 302 valence electrons. The molecule has 7 rings (SSSR count). The summed E-state index contributed by atoms with van der Waals surface area (Å²) in [6.07, 6.45) is 0. The normalized spacial score (nSPS) is 10.7. The van der Waals surface area contributed by atoms with Crippen LogP contribution in [0.4, 0.5) is 0 Å². The number of carbonyl (C=O) groups is 1. The molecule has 0 saturated heterocycles. The Morgan fingerprint density at radius 3 is 1.07 bits per heavy atom. The second kappa shape index (κ2) is 22.8. The zero-order chi connectivity index (χ0) is 40.7. The molecule has 60 heavy (non-hydrogen) atoms. The minimum atomic E-state index is -1.26. The van der Waals surface area contributed by atoms with Crippen LogP contribution in [0.3, 0.4) is 0 Å². The van der Waals surface area contributed by atoms with Crippen LogP contribution in [0.5, 0.6) is 46.0 Å². The van der Waals surface area contributed by atoms with Crippen LogP contribution >= 0.6 is 0 Å². The largest absolute Gasteiger partial charge is 1.00 e. The van der Waals surface area contributed by atoms with Gasteiger partial charge in [0.05, 0.1) is 12.6 Å². The van der Waals surface area contributed by atoms with Crippen molar-refractivity contribution in [1.29, 1.82) is 0 Å². The molecule has 7 aromatic rings. The summed E-state index contributed by atoms with van der Waals surface area (Å²) in [5.41, 5.74) is 0.570. The number of carboxylic acid groups (broad SMARTS) is 1. The molecule has 0 aliphatic carbocycles. The molecule has 0 fully saturated rings. The zero-order valence-electron chi connectivity index (χ0n) is 33.3. The SMILES string of the molecule is O=C([O-])c1ccccc1COc1cc2ccccc2cc1OCCOc1ccccc1OCCOc1cc2ccccc2cc1OCCOc1ccccc1OCCO.[K+]. The predicted octanol–water partition coefficient (Wildman–Crippen LogP) is 4.68. The second-order valence-corrected chi connectivity index (χ2v) is 13.1. The number of aliphatic hydroxyl groups excluding tert-OH is 1. The van der Waals surface area contributed by atoms with E-state index in [2.05, 4.69) is 0 Å². The first-order valence-electron chi connectivity index (χ1n) is 19.2. The monoisotopic (exact) mass is 834 g/mol. The molecule has 12 heteroatoms. The van der Waals surface area contributed by atoms with Crippen LogP contribution in [0.25, 0.3) is 21.5 Å². The van der Waals surface area contributed by atoms with Gasteiger partial charge in [0.1, 0.15) is 52.9 Å². The van der Waals surface area contributed by atoms with E-state index in [1.807, 2.05) is 109 Å². The summed E-state index contributed by atoms with van der Waals surface area (Å²) in [6.45, 7) is 1.48. The molecule has 0 saturated carbocycles. The number of carbonyl (C=O) groups excluding carboxylic acids is 1. The first kappa shape index (κ1) is 44.1. The fourth-order valence-corrected chi connectivity index (χ4v) is 6.29. The molecule has 0 aliphatic rings. The third kappa shape index (κ3) is 12.1. The van der Waals surface area contributed by atoms with Crippen LogP contribution < -0.4 is 94.4 Å². The van der Waals surface area contributed by atoms with Gasteiger partial charge in [-0.1, -0.05) is 97.1 Å². The van der Waals surface area contributed by atoms with E-state index in [9.17, 15) is 9.90 Å². The number of aliphatic hydroxyl groups is 1. The van der Waals surface area contributed by atoms with E-state index in [0.29, 0.717) is 51.6 Å². The number of hydrogen-bond donors (Lipinski definition) is 1. The van der Waals surface area contributed by atoms with Gasteiger partial charge in [-0.05, 0) is 75.6 Å². The van der Waals surface area contributed by atoms with Crippen LogP contribution in [0.15, 0.2) is 146 Å². The summed E-state index contributed by atoms with van der Waals surface area (Å²) in [7, 11) is 0. The van der Waals surface area contributed by atoms with Gasteiger partial charge in [-0.15, -0.1) is 0 Å². The van der Waals surface area contributed by atoms with E-state index >= 15 is 0 Å². The fourth-order valence-electron chi connectivity index (χ4n) is 6.29. The van der Waals surface area contributed by atoms with Gasteiger partial charge >= 0.3 is 51.4 Å². The second-order valence-electron chi connectivity index (χ2n) is 13.1. The molecule has 0 spiro atoms. The molecular weight excluding hydrogens is 792 g/mol. The summed E-state index contributed by atoms with van der Waals surface area (Å²) in [4.78, 5) is 11.6. The van der Waals surface area contributed by atoms with Crippen molar-refractivity contribution in [1.82, 2.24) is 0 Å². The Balaban J connectivity index is 0.00000604. The number of hydrogen-bond acceptors (Lipinski definition) is 11. The number of ether oxygens (including phenoxy) is 8. The van der Waals surface area contributed by atoms with Crippen molar-refractivity contribution in [2.24, 2.45) is 0 Å². The van der Waals surface area contributed by atoms with Gasteiger partial charge in [-0.3, -0.25) is 0 Å². The van der Waals surface area contributed by atoms with Crippen LogP contribution in [0, 0.1) is 0 Å². The Bertz CT molecular complexity index is 2470. The summed E-state index contributed by atoms with van der Waals surface area (Å²) in [5.74, 6) is 3.06. The van der Waals surface area contributed by atoms with E-state index in [1.165, 1.54) is 6.07 Å². The molecule has 0 bridgehead atoms. The first-order chi connectivity index (χ1) is 29.1. The maximum Gasteiger partial charge on any atom is 1.00 e. The number of aromatic carboxylic acids is 1. The molecule has 0 radical (unpaired) electrons. The molecule has 1 N–H and O–H groups in total. The maximum absolute atomic E-state index is 11.6. The molecular formula is C48H43KO11. The molecule has 0 unspecified atom stereocenters. The topological polar surface area (TPSA) is 134 Å². The molecule has 11 nitrogen and oxygen atoms in total. The van der Waals surface area contributed by atoms with Gasteiger partial charge in [0.2, 0.25) is 0 Å². The van der Waals surface area contributed by atoms with Crippen molar-refractivity contribution in [2.45, 2.75) is 6.61 Å². The maximum atomic E-state index is 11.6. The average Bonchev–Trinajstić information content (AvgIpc) is 3.27. The third-order valence-corrected chi connectivity index (χ3v) is 9.09. The first-order valence-corrected chi connectivity index (χ1v) is 19.2. The molecule has 0 aromatic heterocycles. The van der Waals surface area contributed by atoms with E-state index < -0.39 is 5.97 Å². The number of fused-ring (bicyclic) bond motifs is 2. The molecule has 0 heterocycles. The van der Waals surface area contributed by atoms with Crippen molar-refractivity contribution < 1.29 is 104 Å². The Hall–Kier alpha value is -5.47.